The molecule has 3 heterocycles. The molecule has 0 saturated carbocycles. The Morgan fingerprint density at radius 3 is 1.57 bits per heavy atom. The summed E-state index contributed by atoms with van der Waals surface area (Å²) in [6, 6.07) is 75.2. The second-order valence-electron chi connectivity index (χ2n) is 15.9. The van der Waals surface area contributed by atoms with Crippen LogP contribution in [0.1, 0.15) is 0 Å². The maximum atomic E-state index is 5.14. The molecule has 3 aromatic heterocycles. The van der Waals surface area contributed by atoms with Crippen molar-refractivity contribution in [3.63, 3.8) is 0 Å². The molecule has 0 spiro atoms. The van der Waals surface area contributed by atoms with Gasteiger partial charge in [0.1, 0.15) is 0 Å². The smallest absolute Gasteiger partial charge is 0.0787 e. The fourth-order valence-corrected chi connectivity index (χ4v) is 10.0. The van der Waals surface area contributed by atoms with Crippen LogP contribution in [-0.4, -0.2) is 14.1 Å². The van der Waals surface area contributed by atoms with E-state index in [9.17, 15) is 0 Å². The highest BCUT2D eigenvalue weighted by molar-refractivity contribution is 6.18. The lowest BCUT2D eigenvalue weighted by Gasteiger charge is -2.13. The third-order valence-electron chi connectivity index (χ3n) is 12.7. The summed E-state index contributed by atoms with van der Waals surface area (Å²) in [5.41, 5.74) is 19.0. The summed E-state index contributed by atoms with van der Waals surface area (Å²) in [6.07, 6.45) is 2.04. The molecule has 1 aliphatic carbocycles. The number of fused-ring (bicyclic) bond motifs is 9. The monoisotopic (exact) mass is 761 g/mol. The van der Waals surface area contributed by atoms with Crippen molar-refractivity contribution in [2.45, 2.75) is 0 Å². The third-order valence-corrected chi connectivity index (χ3v) is 12.7. The average molecular weight is 762 g/mol. The van der Waals surface area contributed by atoms with Gasteiger partial charge in [0, 0.05) is 61.0 Å². The molecule has 12 aromatic rings. The highest BCUT2D eigenvalue weighted by atomic mass is 15.0. The molecule has 0 N–H and O–H groups in total. The summed E-state index contributed by atoms with van der Waals surface area (Å²) in [4.78, 5) is 5.14. The number of aromatic nitrogens is 3. The molecular weight excluding hydrogens is 727 g/mol. The second-order valence-corrected chi connectivity index (χ2v) is 15.9. The van der Waals surface area contributed by atoms with Gasteiger partial charge in [-0.2, -0.15) is 0 Å². The van der Waals surface area contributed by atoms with Crippen molar-refractivity contribution in [1.82, 2.24) is 14.1 Å². The van der Waals surface area contributed by atoms with E-state index in [0.717, 1.165) is 22.6 Å². The van der Waals surface area contributed by atoms with Crippen LogP contribution in [0.2, 0.25) is 0 Å². The summed E-state index contributed by atoms with van der Waals surface area (Å²) in [5.74, 6) is 0. The van der Waals surface area contributed by atoms with Crippen LogP contribution in [-0.2, 0) is 0 Å². The first kappa shape index (κ1) is 33.0. The Morgan fingerprint density at radius 1 is 0.317 bits per heavy atom. The molecule has 0 bridgehead atoms. The molecule has 0 aliphatic heterocycles. The van der Waals surface area contributed by atoms with Crippen molar-refractivity contribution >= 4 is 54.4 Å². The molecule has 0 unspecified atom stereocenters. The molecule has 278 valence electrons. The molecule has 0 amide bonds. The van der Waals surface area contributed by atoms with E-state index in [0.29, 0.717) is 0 Å². The van der Waals surface area contributed by atoms with E-state index in [2.05, 4.69) is 215 Å². The number of hydrogen-bond acceptors (Lipinski definition) is 1. The number of nitrogens with zero attached hydrogens (tertiary/aromatic N) is 3. The van der Waals surface area contributed by atoms with Crippen LogP contribution in [0.5, 0.6) is 0 Å². The van der Waals surface area contributed by atoms with Gasteiger partial charge in [-0.15, -0.1) is 0 Å². The molecular formula is C57H35N3. The van der Waals surface area contributed by atoms with E-state index < -0.39 is 0 Å². The maximum Gasteiger partial charge on any atom is 0.0787 e. The maximum absolute atomic E-state index is 5.14. The predicted octanol–water partition coefficient (Wildman–Crippen LogP) is 15.1. The van der Waals surface area contributed by atoms with E-state index in [-0.39, 0.29) is 0 Å². The molecule has 9 aromatic carbocycles. The third kappa shape index (κ3) is 4.81. The molecule has 0 atom stereocenters. The number of hydrogen-bond donors (Lipinski definition) is 0. The average Bonchev–Trinajstić information content (AvgIpc) is 3.96. The van der Waals surface area contributed by atoms with Crippen molar-refractivity contribution in [3.05, 3.63) is 212 Å². The van der Waals surface area contributed by atoms with E-state index in [1.165, 1.54) is 98.9 Å². The summed E-state index contributed by atoms with van der Waals surface area (Å²) in [6.45, 7) is 0. The van der Waals surface area contributed by atoms with E-state index >= 15 is 0 Å². The van der Waals surface area contributed by atoms with Gasteiger partial charge in [0.05, 0.1) is 27.8 Å². The first-order valence-corrected chi connectivity index (χ1v) is 20.6. The van der Waals surface area contributed by atoms with Crippen molar-refractivity contribution in [2.75, 3.05) is 0 Å². The lowest BCUT2D eigenvalue weighted by atomic mass is 9.98. The minimum atomic E-state index is 1.02. The van der Waals surface area contributed by atoms with Crippen LogP contribution in [0.3, 0.4) is 0 Å². The number of pyridine rings is 1. The van der Waals surface area contributed by atoms with Crippen LogP contribution in [0, 0.1) is 0 Å². The summed E-state index contributed by atoms with van der Waals surface area (Å²) in [5, 5.41) is 7.43. The summed E-state index contributed by atoms with van der Waals surface area (Å²) >= 11 is 0. The SMILES string of the molecule is c1ccc(-c2ccc(-n3c4ccccc4c4cc(-c5ccc6c(c5)c5ccccc5n6-c5cccc(-c6ncc7cccc8c7c6-c6ccccc6-8)c5)ccc43)cc2)cc1. The van der Waals surface area contributed by atoms with Crippen LogP contribution in [0.25, 0.3) is 122 Å². The Hall–Kier alpha value is -8.01. The zero-order chi connectivity index (χ0) is 39.3. The molecule has 13 rings (SSSR count). The fraction of sp³-hybridized carbons (Fsp3) is 0. The van der Waals surface area contributed by atoms with E-state index in [1.807, 2.05) is 6.20 Å². The standard InChI is InChI=1S/C57H35N3/c1-2-12-36(13-3-1)37-24-28-42(29-25-37)59-51-22-8-6-18-45(51)49-33-38(26-30-53(49)59)39-27-31-54-50(34-39)46-19-7-9-23-52(46)60(54)43-16-10-14-40(32-43)57-56-48-20-5-4-17-44(48)47-21-11-15-41(35-58-57)55(47)56/h1-35H. The largest absolute Gasteiger partial charge is 0.309 e. The van der Waals surface area contributed by atoms with E-state index in [1.54, 1.807) is 0 Å². The first-order chi connectivity index (χ1) is 29.8. The lowest BCUT2D eigenvalue weighted by Crippen LogP contribution is -1.95. The number of para-hydroxylation sites is 2. The van der Waals surface area contributed by atoms with Gasteiger partial charge < -0.3 is 9.13 Å². The molecule has 0 fully saturated rings. The van der Waals surface area contributed by atoms with Crippen LogP contribution in [0.4, 0.5) is 0 Å². The van der Waals surface area contributed by atoms with Gasteiger partial charge in [-0.25, -0.2) is 0 Å². The van der Waals surface area contributed by atoms with Gasteiger partial charge in [-0.3, -0.25) is 4.98 Å². The Morgan fingerprint density at radius 2 is 0.850 bits per heavy atom. The van der Waals surface area contributed by atoms with Crippen molar-refractivity contribution in [3.8, 4) is 67.1 Å². The highest BCUT2D eigenvalue weighted by Crippen LogP contribution is 2.50. The van der Waals surface area contributed by atoms with Crippen molar-refractivity contribution in [2.24, 2.45) is 0 Å². The van der Waals surface area contributed by atoms with Crippen molar-refractivity contribution < 1.29 is 0 Å². The van der Waals surface area contributed by atoms with Crippen molar-refractivity contribution in [1.29, 1.82) is 0 Å². The first-order valence-electron chi connectivity index (χ1n) is 20.6. The van der Waals surface area contributed by atoms with E-state index in [4.69, 9.17) is 4.98 Å². The Labute approximate surface area is 346 Å². The molecule has 1 aliphatic rings. The van der Waals surface area contributed by atoms with Gasteiger partial charge in [0.15, 0.2) is 0 Å². The lowest BCUT2D eigenvalue weighted by molar-refractivity contribution is 1.18. The second kappa shape index (κ2) is 12.7. The topological polar surface area (TPSA) is 22.8 Å². The molecule has 0 radical (unpaired) electrons. The summed E-state index contributed by atoms with van der Waals surface area (Å²) in [7, 11) is 0. The molecule has 3 nitrogen and oxygen atoms in total. The zero-order valence-electron chi connectivity index (χ0n) is 32.5. The van der Waals surface area contributed by atoms with Gasteiger partial charge >= 0.3 is 0 Å². The Bertz CT molecular complexity index is 3700. The number of benzene rings is 9. The van der Waals surface area contributed by atoms with Gasteiger partial charge in [0.2, 0.25) is 0 Å². The molecule has 0 saturated heterocycles. The Kier molecular flexibility index (Phi) is 7.01. The van der Waals surface area contributed by atoms with Crippen LogP contribution in [0.15, 0.2) is 212 Å². The number of rotatable bonds is 5. The minimum Gasteiger partial charge on any atom is -0.309 e. The minimum absolute atomic E-state index is 1.02. The summed E-state index contributed by atoms with van der Waals surface area (Å²) < 4.78 is 4.81. The fourth-order valence-electron chi connectivity index (χ4n) is 10.0. The normalized spacial score (nSPS) is 12.0. The van der Waals surface area contributed by atoms with Gasteiger partial charge in [-0.05, 0) is 99.6 Å². The predicted molar refractivity (Wildman–Crippen MR) is 251 cm³/mol. The Balaban J connectivity index is 0.932. The highest BCUT2D eigenvalue weighted by Gasteiger charge is 2.25. The molecule has 3 heteroatoms. The van der Waals surface area contributed by atoms with Gasteiger partial charge in [0.25, 0.3) is 0 Å². The van der Waals surface area contributed by atoms with Crippen LogP contribution >= 0.6 is 0 Å². The van der Waals surface area contributed by atoms with Crippen LogP contribution < -0.4 is 0 Å². The quantitative estimate of drug-likeness (QED) is 0.171. The van der Waals surface area contributed by atoms with Gasteiger partial charge in [-0.1, -0.05) is 146 Å². The molecule has 60 heavy (non-hydrogen) atoms. The zero-order valence-corrected chi connectivity index (χ0v) is 32.5.